The Morgan fingerprint density at radius 1 is 1.27 bits per heavy atom. The van der Waals surface area contributed by atoms with Gasteiger partial charge in [-0.3, -0.25) is 9.59 Å². The predicted molar refractivity (Wildman–Crippen MR) is 87.5 cm³/mol. The number of hydrogen-bond acceptors (Lipinski definition) is 3. The maximum absolute atomic E-state index is 12.5. The van der Waals surface area contributed by atoms with Crippen LogP contribution in [0.15, 0.2) is 0 Å². The first-order chi connectivity index (χ1) is 9.98. The number of carbonyl (C=O) groups is 2. The molecule has 5 heteroatoms. The minimum atomic E-state index is -0.452. The summed E-state index contributed by atoms with van der Waals surface area (Å²) in [6.07, 6.45) is 2.36. The SMILES string of the molecule is COC(C)(C)CC(C)NC(=O)C1CCCN1C(=O)C(C)(C)C. The molecule has 0 aliphatic carbocycles. The lowest BCUT2D eigenvalue weighted by Gasteiger charge is -2.32. The fourth-order valence-corrected chi connectivity index (χ4v) is 2.92. The summed E-state index contributed by atoms with van der Waals surface area (Å²) in [6.45, 7) is 12.3. The predicted octanol–water partition coefficient (Wildman–Crippen LogP) is 2.34. The van der Waals surface area contributed by atoms with Crippen molar-refractivity contribution in [3.05, 3.63) is 0 Å². The molecule has 1 aliphatic heterocycles. The molecule has 1 rings (SSSR count). The molecule has 0 aromatic rings. The summed E-state index contributed by atoms with van der Waals surface area (Å²) in [7, 11) is 1.68. The van der Waals surface area contributed by atoms with E-state index in [-0.39, 0.29) is 29.5 Å². The number of nitrogens with zero attached hydrogens (tertiary/aromatic N) is 1. The topological polar surface area (TPSA) is 58.6 Å². The molecule has 0 spiro atoms. The largest absolute Gasteiger partial charge is 0.379 e. The van der Waals surface area contributed by atoms with Crippen molar-refractivity contribution in [2.75, 3.05) is 13.7 Å². The van der Waals surface area contributed by atoms with Crippen LogP contribution in [-0.4, -0.2) is 48.1 Å². The summed E-state index contributed by atoms with van der Waals surface area (Å²) in [5.41, 5.74) is -0.726. The van der Waals surface area contributed by atoms with Gasteiger partial charge in [-0.25, -0.2) is 0 Å². The maximum atomic E-state index is 12.5. The third kappa shape index (κ3) is 4.97. The normalized spacial score (nSPS) is 20.9. The van der Waals surface area contributed by atoms with Gasteiger partial charge in [-0.2, -0.15) is 0 Å². The smallest absolute Gasteiger partial charge is 0.243 e. The van der Waals surface area contributed by atoms with Gasteiger partial charge in [0.15, 0.2) is 0 Å². The lowest BCUT2D eigenvalue weighted by molar-refractivity contribution is -0.145. The van der Waals surface area contributed by atoms with E-state index in [1.54, 1.807) is 12.0 Å². The summed E-state index contributed by atoms with van der Waals surface area (Å²) in [6, 6.07) is -0.325. The van der Waals surface area contributed by atoms with Gasteiger partial charge in [0.05, 0.1) is 5.60 Å². The second kappa shape index (κ2) is 6.99. The van der Waals surface area contributed by atoms with Crippen molar-refractivity contribution in [1.29, 1.82) is 0 Å². The van der Waals surface area contributed by atoms with Gasteiger partial charge >= 0.3 is 0 Å². The van der Waals surface area contributed by atoms with E-state index in [4.69, 9.17) is 4.74 Å². The molecular weight excluding hydrogens is 280 g/mol. The van der Waals surface area contributed by atoms with Gasteiger partial charge in [-0.05, 0) is 40.0 Å². The molecule has 1 fully saturated rings. The molecule has 0 saturated carbocycles. The van der Waals surface area contributed by atoms with Gasteiger partial charge in [0.25, 0.3) is 0 Å². The van der Waals surface area contributed by atoms with Crippen molar-refractivity contribution in [1.82, 2.24) is 10.2 Å². The van der Waals surface area contributed by atoms with E-state index < -0.39 is 5.41 Å². The fraction of sp³-hybridized carbons (Fsp3) is 0.882. The zero-order chi connectivity index (χ0) is 17.1. The first-order valence-electron chi connectivity index (χ1n) is 8.14. The first kappa shape index (κ1) is 18.9. The van der Waals surface area contributed by atoms with Crippen LogP contribution >= 0.6 is 0 Å². The highest BCUT2D eigenvalue weighted by atomic mass is 16.5. The van der Waals surface area contributed by atoms with Gasteiger partial charge in [0, 0.05) is 25.1 Å². The molecule has 1 N–H and O–H groups in total. The Kier molecular flexibility index (Phi) is 6.02. The standard InChI is InChI=1S/C17H32N2O3/c1-12(11-17(5,6)22-7)18-14(20)13-9-8-10-19(13)15(21)16(2,3)4/h12-13H,8-11H2,1-7H3,(H,18,20). The molecule has 128 valence electrons. The van der Waals surface area contributed by atoms with Crippen LogP contribution in [0.25, 0.3) is 0 Å². The van der Waals surface area contributed by atoms with Crippen molar-refractivity contribution >= 4 is 11.8 Å². The number of carbonyl (C=O) groups excluding carboxylic acids is 2. The Morgan fingerprint density at radius 3 is 2.36 bits per heavy atom. The quantitative estimate of drug-likeness (QED) is 0.847. The summed E-state index contributed by atoms with van der Waals surface area (Å²) in [5.74, 6) is 0.00419. The molecule has 0 radical (unpaired) electrons. The van der Waals surface area contributed by atoms with Crippen LogP contribution in [0, 0.1) is 5.41 Å². The maximum Gasteiger partial charge on any atom is 0.243 e. The molecular formula is C17H32N2O3. The van der Waals surface area contributed by atoms with E-state index >= 15 is 0 Å². The van der Waals surface area contributed by atoms with Crippen molar-refractivity contribution in [2.24, 2.45) is 5.41 Å². The molecule has 22 heavy (non-hydrogen) atoms. The highest BCUT2D eigenvalue weighted by Crippen LogP contribution is 2.26. The number of methoxy groups -OCH3 is 1. The van der Waals surface area contributed by atoms with Crippen LogP contribution in [0.4, 0.5) is 0 Å². The van der Waals surface area contributed by atoms with Gasteiger partial charge in [-0.1, -0.05) is 20.8 Å². The van der Waals surface area contributed by atoms with Gasteiger partial charge in [0.2, 0.25) is 11.8 Å². The first-order valence-corrected chi connectivity index (χ1v) is 8.14. The summed E-state index contributed by atoms with van der Waals surface area (Å²) >= 11 is 0. The lowest BCUT2D eigenvalue weighted by atomic mass is 9.94. The third-order valence-electron chi connectivity index (χ3n) is 4.20. The Labute approximate surface area is 134 Å². The van der Waals surface area contributed by atoms with E-state index in [1.807, 2.05) is 41.5 Å². The van der Waals surface area contributed by atoms with Crippen molar-refractivity contribution in [3.8, 4) is 0 Å². The number of hydrogen-bond donors (Lipinski definition) is 1. The molecule has 0 aromatic carbocycles. The number of ether oxygens (including phenoxy) is 1. The van der Waals surface area contributed by atoms with Crippen molar-refractivity contribution in [3.63, 3.8) is 0 Å². The van der Waals surface area contributed by atoms with Crippen LogP contribution < -0.4 is 5.32 Å². The molecule has 1 aliphatic rings. The summed E-state index contributed by atoms with van der Waals surface area (Å²) in [4.78, 5) is 26.7. The molecule has 0 aromatic heterocycles. The molecule has 2 amide bonds. The van der Waals surface area contributed by atoms with Crippen LogP contribution in [0.5, 0.6) is 0 Å². The number of likely N-dealkylation sites (tertiary alicyclic amines) is 1. The minimum Gasteiger partial charge on any atom is -0.379 e. The summed E-state index contributed by atoms with van der Waals surface area (Å²) < 4.78 is 5.40. The van der Waals surface area contributed by atoms with E-state index in [9.17, 15) is 9.59 Å². The average molecular weight is 312 g/mol. The lowest BCUT2D eigenvalue weighted by Crippen LogP contribution is -2.51. The third-order valence-corrected chi connectivity index (χ3v) is 4.20. The van der Waals surface area contributed by atoms with Crippen molar-refractivity contribution < 1.29 is 14.3 Å². The Bertz CT molecular complexity index is 413. The monoisotopic (exact) mass is 312 g/mol. The molecule has 5 nitrogen and oxygen atoms in total. The van der Waals surface area contributed by atoms with E-state index in [0.717, 1.165) is 19.3 Å². The van der Waals surface area contributed by atoms with Crippen LogP contribution in [-0.2, 0) is 14.3 Å². The fourth-order valence-electron chi connectivity index (χ4n) is 2.92. The van der Waals surface area contributed by atoms with Gasteiger partial charge in [0.1, 0.15) is 6.04 Å². The molecule has 2 unspecified atom stereocenters. The minimum absolute atomic E-state index is 0.00892. The highest BCUT2D eigenvalue weighted by Gasteiger charge is 2.38. The van der Waals surface area contributed by atoms with E-state index in [1.165, 1.54) is 0 Å². The van der Waals surface area contributed by atoms with Crippen molar-refractivity contribution in [2.45, 2.75) is 78.5 Å². The van der Waals surface area contributed by atoms with E-state index in [0.29, 0.717) is 6.54 Å². The Balaban J connectivity index is 2.66. The second-order valence-corrected chi connectivity index (χ2v) is 7.98. The number of amides is 2. The zero-order valence-corrected chi connectivity index (χ0v) is 15.2. The molecule has 1 heterocycles. The van der Waals surface area contributed by atoms with Crippen LogP contribution in [0.1, 0.15) is 60.8 Å². The van der Waals surface area contributed by atoms with Crippen LogP contribution in [0.3, 0.4) is 0 Å². The highest BCUT2D eigenvalue weighted by molar-refractivity contribution is 5.90. The molecule has 0 bridgehead atoms. The van der Waals surface area contributed by atoms with Gasteiger partial charge in [-0.15, -0.1) is 0 Å². The Hall–Kier alpha value is -1.10. The average Bonchev–Trinajstić information content (AvgIpc) is 2.84. The second-order valence-electron chi connectivity index (χ2n) is 7.98. The van der Waals surface area contributed by atoms with E-state index in [2.05, 4.69) is 5.32 Å². The Morgan fingerprint density at radius 2 is 1.86 bits per heavy atom. The number of rotatable bonds is 5. The molecule has 2 atom stereocenters. The zero-order valence-electron chi connectivity index (χ0n) is 15.2. The summed E-state index contributed by atoms with van der Waals surface area (Å²) in [5, 5.41) is 3.04. The van der Waals surface area contributed by atoms with Gasteiger partial charge < -0.3 is 15.0 Å². The molecule has 1 saturated heterocycles. The number of nitrogens with one attached hydrogen (secondary N) is 1. The van der Waals surface area contributed by atoms with Crippen LogP contribution in [0.2, 0.25) is 0 Å².